The van der Waals surface area contributed by atoms with Crippen molar-refractivity contribution in [2.45, 2.75) is 89.6 Å². The van der Waals surface area contributed by atoms with Crippen molar-refractivity contribution in [2.75, 3.05) is 6.61 Å². The van der Waals surface area contributed by atoms with Gasteiger partial charge in [0.25, 0.3) is 0 Å². The molecule has 1 saturated heterocycles. The SMILES string of the molecule is C[C@@]12CC[C@H](O)C[C@H]1CC[C@H]1[C@H]2[C@H](OCc2ccccc2)C[C@]2(C)[C@@H]1CC[C@]21CO1. The molecule has 164 valence electrons. The van der Waals surface area contributed by atoms with Gasteiger partial charge < -0.3 is 14.6 Å². The van der Waals surface area contributed by atoms with Crippen molar-refractivity contribution in [3.8, 4) is 0 Å². The van der Waals surface area contributed by atoms with Crippen LogP contribution in [0.4, 0.5) is 0 Å². The van der Waals surface area contributed by atoms with E-state index in [1.54, 1.807) is 0 Å². The summed E-state index contributed by atoms with van der Waals surface area (Å²) in [5, 5.41) is 10.4. The molecular weight excluding hydrogens is 372 g/mol. The van der Waals surface area contributed by atoms with Crippen LogP contribution in [0.2, 0.25) is 0 Å². The summed E-state index contributed by atoms with van der Waals surface area (Å²) in [6.45, 7) is 6.77. The van der Waals surface area contributed by atoms with Gasteiger partial charge in [0.05, 0.1) is 31.0 Å². The van der Waals surface area contributed by atoms with Gasteiger partial charge in [-0.3, -0.25) is 0 Å². The van der Waals surface area contributed by atoms with Crippen LogP contribution in [0.3, 0.4) is 0 Å². The van der Waals surface area contributed by atoms with E-state index in [1.165, 1.54) is 31.2 Å². The number of benzene rings is 1. The standard InChI is InChI=1S/C27H38O3/c1-25-12-10-20(28)14-19(25)8-9-21-22-11-13-27(17-30-27)26(22,2)15-23(24(21)25)29-16-18-6-4-3-5-7-18/h3-7,19-24,28H,8-17H2,1-2H3/t19-,20+,21-,22-,23-,24+,25-,26-,27+/m1/s1. The Bertz CT molecular complexity index is 789. The van der Waals surface area contributed by atoms with E-state index in [1.807, 2.05) is 0 Å². The molecule has 30 heavy (non-hydrogen) atoms. The van der Waals surface area contributed by atoms with Crippen LogP contribution < -0.4 is 0 Å². The minimum atomic E-state index is -0.0909. The van der Waals surface area contributed by atoms with Crippen LogP contribution in [0.15, 0.2) is 30.3 Å². The summed E-state index contributed by atoms with van der Waals surface area (Å²) in [6, 6.07) is 10.7. The molecule has 5 aliphatic rings. The van der Waals surface area contributed by atoms with E-state index < -0.39 is 0 Å². The van der Waals surface area contributed by atoms with E-state index >= 15 is 0 Å². The molecule has 5 fully saturated rings. The molecule has 0 bridgehead atoms. The maximum atomic E-state index is 10.4. The minimum Gasteiger partial charge on any atom is -0.393 e. The zero-order valence-corrected chi connectivity index (χ0v) is 18.7. The number of hydrogen-bond donors (Lipinski definition) is 1. The van der Waals surface area contributed by atoms with Crippen LogP contribution >= 0.6 is 0 Å². The van der Waals surface area contributed by atoms with Gasteiger partial charge in [0, 0.05) is 5.41 Å². The second-order valence-electron chi connectivity index (χ2n) is 11.8. The Balaban J connectivity index is 1.34. The summed E-state index contributed by atoms with van der Waals surface area (Å²) in [5.41, 5.74) is 2.01. The number of epoxide rings is 1. The molecule has 0 radical (unpaired) electrons. The second kappa shape index (κ2) is 6.80. The van der Waals surface area contributed by atoms with E-state index in [4.69, 9.17) is 9.47 Å². The molecule has 0 aromatic heterocycles. The summed E-state index contributed by atoms with van der Waals surface area (Å²) in [7, 11) is 0. The lowest BCUT2D eigenvalue weighted by atomic mass is 9.44. The van der Waals surface area contributed by atoms with Crippen LogP contribution in [0.25, 0.3) is 0 Å². The molecule has 1 aromatic carbocycles. The van der Waals surface area contributed by atoms with Crippen LogP contribution in [0, 0.1) is 34.5 Å². The first kappa shape index (κ1) is 19.8. The van der Waals surface area contributed by atoms with Crippen molar-refractivity contribution in [1.82, 2.24) is 0 Å². The third-order valence-corrected chi connectivity index (χ3v) is 10.6. The third-order valence-electron chi connectivity index (χ3n) is 10.6. The maximum Gasteiger partial charge on any atom is 0.0973 e. The molecule has 1 aromatic rings. The molecule has 4 saturated carbocycles. The lowest BCUT2D eigenvalue weighted by Crippen LogP contribution is -2.60. The largest absolute Gasteiger partial charge is 0.393 e. The van der Waals surface area contributed by atoms with Crippen molar-refractivity contribution in [2.24, 2.45) is 34.5 Å². The van der Waals surface area contributed by atoms with Gasteiger partial charge in [-0.25, -0.2) is 0 Å². The predicted molar refractivity (Wildman–Crippen MR) is 117 cm³/mol. The molecule has 6 rings (SSSR count). The molecule has 1 spiro atoms. The Morgan fingerprint density at radius 2 is 1.87 bits per heavy atom. The molecular formula is C27H38O3. The van der Waals surface area contributed by atoms with E-state index in [0.717, 1.165) is 44.1 Å². The quantitative estimate of drug-likeness (QED) is 0.683. The zero-order valence-electron chi connectivity index (χ0n) is 18.7. The highest BCUT2D eigenvalue weighted by molar-refractivity contribution is 5.21. The number of aliphatic hydroxyl groups is 1. The monoisotopic (exact) mass is 410 g/mol. The molecule has 0 unspecified atom stereocenters. The van der Waals surface area contributed by atoms with Crippen molar-refractivity contribution in [3.63, 3.8) is 0 Å². The van der Waals surface area contributed by atoms with Crippen LogP contribution in [0.1, 0.15) is 70.8 Å². The summed E-state index contributed by atoms with van der Waals surface area (Å²) < 4.78 is 13.0. The summed E-state index contributed by atoms with van der Waals surface area (Å²) in [4.78, 5) is 0. The van der Waals surface area contributed by atoms with Gasteiger partial charge >= 0.3 is 0 Å². The van der Waals surface area contributed by atoms with Gasteiger partial charge in [-0.05, 0) is 86.0 Å². The highest BCUT2D eigenvalue weighted by Gasteiger charge is 2.72. The number of hydrogen-bond acceptors (Lipinski definition) is 3. The molecule has 9 atom stereocenters. The Labute approximate surface area is 181 Å². The van der Waals surface area contributed by atoms with Crippen LogP contribution in [-0.4, -0.2) is 29.5 Å². The second-order valence-corrected chi connectivity index (χ2v) is 11.8. The van der Waals surface area contributed by atoms with Gasteiger partial charge in [0.2, 0.25) is 0 Å². The first-order valence-electron chi connectivity index (χ1n) is 12.4. The topological polar surface area (TPSA) is 42.0 Å². The molecule has 1 aliphatic heterocycles. The fraction of sp³-hybridized carbons (Fsp3) is 0.778. The predicted octanol–water partition coefficient (Wildman–Crippen LogP) is 5.35. The smallest absolute Gasteiger partial charge is 0.0973 e. The van der Waals surface area contributed by atoms with Gasteiger partial charge in [0.15, 0.2) is 0 Å². The Morgan fingerprint density at radius 3 is 2.63 bits per heavy atom. The maximum absolute atomic E-state index is 10.4. The van der Waals surface area contributed by atoms with Gasteiger partial charge in [-0.2, -0.15) is 0 Å². The molecule has 3 heteroatoms. The van der Waals surface area contributed by atoms with Gasteiger partial charge in [0.1, 0.15) is 0 Å². The molecule has 0 amide bonds. The molecule has 4 aliphatic carbocycles. The number of fused-ring (bicyclic) bond motifs is 6. The molecule has 3 nitrogen and oxygen atoms in total. The van der Waals surface area contributed by atoms with Crippen molar-refractivity contribution in [1.29, 1.82) is 0 Å². The van der Waals surface area contributed by atoms with E-state index in [-0.39, 0.29) is 17.1 Å². The molecule has 1 heterocycles. The lowest BCUT2D eigenvalue weighted by Gasteiger charge is -2.62. The lowest BCUT2D eigenvalue weighted by molar-refractivity contribution is -0.197. The van der Waals surface area contributed by atoms with Crippen molar-refractivity contribution in [3.05, 3.63) is 35.9 Å². The van der Waals surface area contributed by atoms with Crippen molar-refractivity contribution >= 4 is 0 Å². The fourth-order valence-corrected chi connectivity index (χ4v) is 8.90. The summed E-state index contributed by atoms with van der Waals surface area (Å²) in [5.74, 6) is 2.82. The van der Waals surface area contributed by atoms with Gasteiger partial charge in [-0.15, -0.1) is 0 Å². The summed E-state index contributed by atoms with van der Waals surface area (Å²) in [6.07, 6.45) is 9.70. The normalized spacial score (nSPS) is 51.8. The number of ether oxygens (including phenoxy) is 2. The Hall–Kier alpha value is -0.900. The number of rotatable bonds is 3. The Kier molecular flexibility index (Phi) is 4.48. The highest BCUT2D eigenvalue weighted by Crippen LogP contribution is 2.71. The summed E-state index contributed by atoms with van der Waals surface area (Å²) >= 11 is 0. The highest BCUT2D eigenvalue weighted by atomic mass is 16.6. The van der Waals surface area contributed by atoms with E-state index in [0.29, 0.717) is 30.0 Å². The first-order chi connectivity index (χ1) is 14.5. The van der Waals surface area contributed by atoms with Gasteiger partial charge in [-0.1, -0.05) is 44.2 Å². The first-order valence-corrected chi connectivity index (χ1v) is 12.4. The average Bonchev–Trinajstić information content (AvgIpc) is 3.48. The fourth-order valence-electron chi connectivity index (χ4n) is 8.90. The van der Waals surface area contributed by atoms with Crippen LogP contribution in [0.5, 0.6) is 0 Å². The third kappa shape index (κ3) is 2.74. The zero-order chi connectivity index (χ0) is 20.6. The minimum absolute atomic E-state index is 0.0909. The van der Waals surface area contributed by atoms with E-state index in [9.17, 15) is 5.11 Å². The number of aliphatic hydroxyl groups excluding tert-OH is 1. The van der Waals surface area contributed by atoms with E-state index in [2.05, 4.69) is 44.2 Å². The average molecular weight is 411 g/mol. The van der Waals surface area contributed by atoms with Crippen LogP contribution in [-0.2, 0) is 16.1 Å². The Morgan fingerprint density at radius 1 is 1.07 bits per heavy atom. The van der Waals surface area contributed by atoms with Crippen molar-refractivity contribution < 1.29 is 14.6 Å². The molecule has 1 N–H and O–H groups in total.